The fraction of sp³-hybridized carbons (Fsp3) is 0.556. The van der Waals surface area contributed by atoms with Gasteiger partial charge in [0.05, 0.1) is 42.5 Å². The third-order valence-electron chi connectivity index (χ3n) is 7.93. The molecule has 3 aromatic rings. The van der Waals surface area contributed by atoms with Crippen molar-refractivity contribution < 1.29 is 19.4 Å². The topological polar surface area (TPSA) is 102 Å². The molecule has 0 radical (unpaired) electrons. The van der Waals surface area contributed by atoms with Gasteiger partial charge in [0, 0.05) is 29.8 Å². The van der Waals surface area contributed by atoms with Gasteiger partial charge in [0.1, 0.15) is 5.82 Å². The number of carboxylic acid groups (broad SMARTS) is 1. The molecule has 3 heterocycles. The van der Waals surface area contributed by atoms with E-state index in [-0.39, 0.29) is 30.0 Å². The van der Waals surface area contributed by atoms with Gasteiger partial charge in [-0.05, 0) is 70.1 Å². The second kappa shape index (κ2) is 9.59. The Kier molecular flexibility index (Phi) is 6.49. The summed E-state index contributed by atoms with van der Waals surface area (Å²) in [5.41, 5.74) is 5.07. The molecule has 1 fully saturated rings. The van der Waals surface area contributed by atoms with E-state index < -0.39 is 5.97 Å². The van der Waals surface area contributed by atoms with E-state index in [9.17, 15) is 14.7 Å². The van der Waals surface area contributed by atoms with Crippen molar-refractivity contribution in [2.24, 2.45) is 5.92 Å². The highest BCUT2D eigenvalue weighted by molar-refractivity contribution is 5.95. The number of rotatable bonds is 5. The van der Waals surface area contributed by atoms with Crippen LogP contribution >= 0.6 is 0 Å². The quantitative estimate of drug-likeness (QED) is 0.532. The van der Waals surface area contributed by atoms with Crippen LogP contribution in [0.1, 0.15) is 74.9 Å². The molecule has 2 atom stereocenters. The van der Waals surface area contributed by atoms with Crippen molar-refractivity contribution in [3.63, 3.8) is 0 Å². The first kappa shape index (κ1) is 24.3. The molecule has 0 saturated heterocycles. The van der Waals surface area contributed by atoms with Crippen molar-refractivity contribution in [1.29, 1.82) is 0 Å². The standard InChI is InChI=1S/C27H35N5O4/c1-16-13-28-30(14-16)15-17(2)25-29-24-21-10-5-18(3)31(27(35)36-4)22(21)11-12-23(24)32(25)20-8-6-19(7-9-20)26(33)34/h11-14,17-20H,5-10,15H2,1-4H3,(H,33,34)/t17-,18-,19?,20?/m0/s1. The lowest BCUT2D eigenvalue weighted by atomic mass is 9.85. The lowest BCUT2D eigenvalue weighted by molar-refractivity contribution is -0.143. The first-order valence-electron chi connectivity index (χ1n) is 12.9. The number of nitrogens with zero attached hydrogens (tertiary/aromatic N) is 5. The highest BCUT2D eigenvalue weighted by atomic mass is 16.5. The van der Waals surface area contributed by atoms with Gasteiger partial charge in [-0.15, -0.1) is 0 Å². The zero-order valence-corrected chi connectivity index (χ0v) is 21.5. The van der Waals surface area contributed by atoms with Crippen molar-refractivity contribution in [2.75, 3.05) is 12.0 Å². The Hall–Kier alpha value is -3.36. The number of methoxy groups -OCH3 is 1. The number of imidazole rings is 1. The summed E-state index contributed by atoms with van der Waals surface area (Å²) in [6.45, 7) is 6.95. The predicted molar refractivity (Wildman–Crippen MR) is 136 cm³/mol. The van der Waals surface area contributed by atoms with Crippen LogP contribution in [0.3, 0.4) is 0 Å². The third kappa shape index (κ3) is 4.24. The zero-order valence-electron chi connectivity index (χ0n) is 21.5. The van der Waals surface area contributed by atoms with E-state index in [1.54, 1.807) is 4.90 Å². The van der Waals surface area contributed by atoms with E-state index in [2.05, 4.69) is 22.7 Å². The Labute approximate surface area is 211 Å². The normalized spacial score (nSPS) is 22.9. The maximum atomic E-state index is 12.6. The molecule has 2 aromatic heterocycles. The number of amides is 1. The summed E-state index contributed by atoms with van der Waals surface area (Å²) >= 11 is 0. The second-order valence-corrected chi connectivity index (χ2v) is 10.5. The molecule has 9 nitrogen and oxygen atoms in total. The van der Waals surface area contributed by atoms with Crippen molar-refractivity contribution in [3.05, 3.63) is 41.5 Å². The Morgan fingerprint density at radius 3 is 2.58 bits per heavy atom. The lowest BCUT2D eigenvalue weighted by Crippen LogP contribution is -2.42. The fourth-order valence-corrected chi connectivity index (χ4v) is 6.03. The van der Waals surface area contributed by atoms with Crippen LogP contribution in [0.25, 0.3) is 11.0 Å². The summed E-state index contributed by atoms with van der Waals surface area (Å²) in [5, 5.41) is 14.0. The SMILES string of the molecule is COC(=O)N1c2ccc3c(nc([C@@H](C)Cn4cc(C)cn4)n3C3CCC(C(=O)O)CC3)c2CC[C@@H]1C. The number of aliphatic carboxylic acids is 1. The van der Waals surface area contributed by atoms with Crippen LogP contribution in [-0.4, -0.2) is 49.7 Å². The minimum Gasteiger partial charge on any atom is -0.481 e. The lowest BCUT2D eigenvalue weighted by Gasteiger charge is -2.34. The average Bonchev–Trinajstić information content (AvgIpc) is 3.46. The number of aromatic nitrogens is 4. The molecule has 1 aromatic carbocycles. The van der Waals surface area contributed by atoms with Gasteiger partial charge in [0.2, 0.25) is 0 Å². The number of carboxylic acids is 1. The van der Waals surface area contributed by atoms with Gasteiger partial charge in [-0.25, -0.2) is 9.78 Å². The average molecular weight is 494 g/mol. The van der Waals surface area contributed by atoms with Crippen LogP contribution < -0.4 is 4.90 Å². The van der Waals surface area contributed by atoms with Gasteiger partial charge in [0.15, 0.2) is 0 Å². The molecule has 192 valence electrons. The smallest absolute Gasteiger partial charge is 0.414 e. The molecule has 1 N–H and O–H groups in total. The van der Waals surface area contributed by atoms with E-state index in [4.69, 9.17) is 9.72 Å². The maximum Gasteiger partial charge on any atom is 0.414 e. The summed E-state index contributed by atoms with van der Waals surface area (Å²) in [6.07, 6.45) is 8.20. The number of hydrogen-bond donors (Lipinski definition) is 1. The molecule has 1 saturated carbocycles. The van der Waals surface area contributed by atoms with E-state index in [1.165, 1.54) is 7.11 Å². The first-order chi connectivity index (χ1) is 17.3. The number of benzene rings is 1. The molecular formula is C27H35N5O4. The number of carbonyl (C=O) groups excluding carboxylic acids is 1. The van der Waals surface area contributed by atoms with Crippen molar-refractivity contribution >= 4 is 28.8 Å². The van der Waals surface area contributed by atoms with Crippen molar-refractivity contribution in [2.45, 2.75) is 83.8 Å². The molecule has 1 aliphatic carbocycles. The highest BCUT2D eigenvalue weighted by Gasteiger charge is 2.34. The molecule has 1 aliphatic heterocycles. The van der Waals surface area contributed by atoms with Crippen LogP contribution in [0.4, 0.5) is 10.5 Å². The third-order valence-corrected chi connectivity index (χ3v) is 7.93. The van der Waals surface area contributed by atoms with Crippen molar-refractivity contribution in [1.82, 2.24) is 19.3 Å². The Balaban J connectivity index is 1.60. The van der Waals surface area contributed by atoms with Gasteiger partial charge in [-0.3, -0.25) is 14.4 Å². The molecule has 1 amide bonds. The molecule has 36 heavy (non-hydrogen) atoms. The number of aryl methyl sites for hydroxylation is 2. The van der Waals surface area contributed by atoms with Crippen LogP contribution in [0.15, 0.2) is 24.5 Å². The molecular weight excluding hydrogens is 458 g/mol. The maximum absolute atomic E-state index is 12.6. The molecule has 0 unspecified atom stereocenters. The minimum absolute atomic E-state index is 0.0530. The second-order valence-electron chi connectivity index (χ2n) is 10.5. The number of carbonyl (C=O) groups is 2. The van der Waals surface area contributed by atoms with Crippen LogP contribution in [0.2, 0.25) is 0 Å². The van der Waals surface area contributed by atoms with E-state index >= 15 is 0 Å². The Bertz CT molecular complexity index is 1290. The summed E-state index contributed by atoms with van der Waals surface area (Å²) in [6, 6.07) is 4.35. The van der Waals surface area contributed by atoms with Gasteiger partial charge >= 0.3 is 12.1 Å². The number of hydrogen-bond acceptors (Lipinski definition) is 5. The fourth-order valence-electron chi connectivity index (χ4n) is 6.03. The van der Waals surface area contributed by atoms with Gasteiger partial charge in [-0.1, -0.05) is 6.92 Å². The number of fused-ring (bicyclic) bond motifs is 3. The summed E-state index contributed by atoms with van der Waals surface area (Å²) in [4.78, 5) is 31.2. The number of ether oxygens (including phenoxy) is 1. The van der Waals surface area contributed by atoms with E-state index in [1.807, 2.05) is 37.0 Å². The molecule has 9 heteroatoms. The highest BCUT2D eigenvalue weighted by Crippen LogP contribution is 2.41. The summed E-state index contributed by atoms with van der Waals surface area (Å²) < 4.78 is 9.41. The van der Waals surface area contributed by atoms with E-state index in [0.717, 1.165) is 59.4 Å². The van der Waals surface area contributed by atoms with Crippen molar-refractivity contribution in [3.8, 4) is 0 Å². The molecule has 0 bridgehead atoms. The van der Waals surface area contributed by atoms with Gasteiger partial charge in [-0.2, -0.15) is 5.10 Å². The summed E-state index contributed by atoms with van der Waals surface area (Å²) in [7, 11) is 1.42. The number of anilines is 1. The molecule has 2 aliphatic rings. The van der Waals surface area contributed by atoms with E-state index in [0.29, 0.717) is 19.4 Å². The molecule has 0 spiro atoms. The minimum atomic E-state index is -0.697. The Morgan fingerprint density at radius 2 is 1.94 bits per heavy atom. The van der Waals surface area contributed by atoms with Crippen LogP contribution in [-0.2, 0) is 22.5 Å². The van der Waals surface area contributed by atoms with Gasteiger partial charge < -0.3 is 14.4 Å². The predicted octanol–water partition coefficient (Wildman–Crippen LogP) is 5.07. The molecule has 5 rings (SSSR count). The van der Waals surface area contributed by atoms with Gasteiger partial charge in [0.25, 0.3) is 0 Å². The first-order valence-corrected chi connectivity index (χ1v) is 12.9. The van der Waals surface area contributed by atoms with Crippen LogP contribution in [0, 0.1) is 12.8 Å². The summed E-state index contributed by atoms with van der Waals surface area (Å²) in [5.74, 6) is 0.127. The zero-order chi connectivity index (χ0) is 25.6. The largest absolute Gasteiger partial charge is 0.481 e. The van der Waals surface area contributed by atoms with Crippen LogP contribution in [0.5, 0.6) is 0 Å². The monoisotopic (exact) mass is 493 g/mol. The Morgan fingerprint density at radius 1 is 1.19 bits per heavy atom.